The van der Waals surface area contributed by atoms with Crippen molar-refractivity contribution in [2.75, 3.05) is 40.7 Å². The number of sulfonamides is 1. The van der Waals surface area contributed by atoms with Gasteiger partial charge in [0.25, 0.3) is 10.0 Å². The van der Waals surface area contributed by atoms with Gasteiger partial charge in [0.2, 0.25) is 5.95 Å². The maximum atomic E-state index is 13.7. The summed E-state index contributed by atoms with van der Waals surface area (Å²) >= 11 is 0. The van der Waals surface area contributed by atoms with Gasteiger partial charge in [-0.25, -0.2) is 32.6 Å². The quantitative estimate of drug-likeness (QED) is 0.392. The highest BCUT2D eigenvalue weighted by Gasteiger charge is 2.23. The van der Waals surface area contributed by atoms with Crippen molar-refractivity contribution >= 4 is 44.3 Å². The number of fused-ring (bicyclic) bond motifs is 1. The van der Waals surface area contributed by atoms with Crippen LogP contribution < -0.4 is 14.5 Å². The third kappa shape index (κ3) is 5.00. The van der Waals surface area contributed by atoms with Gasteiger partial charge in [-0.2, -0.15) is 0 Å². The Hall–Kier alpha value is -4.32. The first-order chi connectivity index (χ1) is 17.7. The van der Waals surface area contributed by atoms with Gasteiger partial charge in [-0.15, -0.1) is 0 Å². The molecule has 1 aliphatic heterocycles. The van der Waals surface area contributed by atoms with Crippen LogP contribution in [0.2, 0.25) is 0 Å². The molecule has 0 atom stereocenters. The average molecular weight is 523 g/mol. The fourth-order valence-corrected chi connectivity index (χ4v) is 5.58. The van der Waals surface area contributed by atoms with Gasteiger partial charge < -0.3 is 14.9 Å². The van der Waals surface area contributed by atoms with Crippen LogP contribution in [0.15, 0.2) is 65.8 Å². The van der Waals surface area contributed by atoms with E-state index in [2.05, 4.69) is 19.7 Å². The number of aromatic carboxylic acids is 1. The van der Waals surface area contributed by atoms with Gasteiger partial charge >= 0.3 is 5.97 Å². The standard InChI is InChI=1S/C25H23FN6O4S/c1-16-3-4-17(26)13-22(16)37(35,36)30-18-5-6-21-19(14-18)20(24(33)34)15-23(29-21)31-9-11-32(12-10-31)25-27-7-2-8-28-25/h2-8,13-15,30H,9-12H2,1H3,(H,33,34). The van der Waals surface area contributed by atoms with Gasteiger partial charge in [-0.3, -0.25) is 4.72 Å². The average Bonchev–Trinajstić information content (AvgIpc) is 2.89. The molecule has 2 N–H and O–H groups in total. The number of hydrogen-bond donors (Lipinski definition) is 2. The monoisotopic (exact) mass is 522 g/mol. The summed E-state index contributed by atoms with van der Waals surface area (Å²) in [6.45, 7) is 4.05. The third-order valence-electron chi connectivity index (χ3n) is 6.16. The summed E-state index contributed by atoms with van der Waals surface area (Å²) in [7, 11) is -4.10. The van der Waals surface area contributed by atoms with Crippen LogP contribution in [-0.2, 0) is 10.0 Å². The van der Waals surface area contributed by atoms with Gasteiger partial charge in [0, 0.05) is 49.6 Å². The summed E-state index contributed by atoms with van der Waals surface area (Å²) in [5, 5.41) is 10.2. The number of aryl methyl sites for hydroxylation is 1. The maximum Gasteiger partial charge on any atom is 0.336 e. The first-order valence-corrected chi connectivity index (χ1v) is 12.9. The van der Waals surface area contributed by atoms with E-state index in [0.717, 1.165) is 6.07 Å². The SMILES string of the molecule is Cc1ccc(F)cc1S(=O)(=O)Nc1ccc2nc(N3CCN(c4ncccn4)CC3)cc(C(=O)O)c2c1. The number of carboxylic acid groups (broad SMARTS) is 1. The van der Waals surface area contributed by atoms with Crippen molar-refractivity contribution < 1.29 is 22.7 Å². The van der Waals surface area contributed by atoms with Crippen LogP contribution in [0.4, 0.5) is 21.8 Å². The number of nitrogens with one attached hydrogen (secondary N) is 1. The molecule has 1 fully saturated rings. The van der Waals surface area contributed by atoms with E-state index in [9.17, 15) is 22.7 Å². The molecule has 10 nitrogen and oxygen atoms in total. The number of anilines is 3. The zero-order chi connectivity index (χ0) is 26.2. The highest BCUT2D eigenvalue weighted by molar-refractivity contribution is 7.92. The summed E-state index contributed by atoms with van der Waals surface area (Å²) in [6, 6.07) is 11.2. The van der Waals surface area contributed by atoms with Crippen LogP contribution in [0.1, 0.15) is 15.9 Å². The molecular formula is C25H23FN6O4S. The zero-order valence-electron chi connectivity index (χ0n) is 19.8. The minimum Gasteiger partial charge on any atom is -0.478 e. The van der Waals surface area contributed by atoms with Crippen LogP contribution in [0.25, 0.3) is 10.9 Å². The molecule has 1 aliphatic rings. The Bertz CT molecular complexity index is 1590. The Morgan fingerprint density at radius 1 is 1.00 bits per heavy atom. The topological polar surface area (TPSA) is 129 Å². The lowest BCUT2D eigenvalue weighted by molar-refractivity contribution is 0.0699. The van der Waals surface area contributed by atoms with Crippen molar-refractivity contribution in [3.05, 3.63) is 77.9 Å². The number of aromatic nitrogens is 3. The number of pyridine rings is 1. The summed E-state index contributed by atoms with van der Waals surface area (Å²) in [5.74, 6) is -0.678. The largest absolute Gasteiger partial charge is 0.478 e. The van der Waals surface area contributed by atoms with E-state index in [1.54, 1.807) is 31.5 Å². The number of hydrogen-bond acceptors (Lipinski definition) is 8. The Morgan fingerprint density at radius 2 is 1.70 bits per heavy atom. The zero-order valence-corrected chi connectivity index (χ0v) is 20.6. The van der Waals surface area contributed by atoms with Gasteiger partial charge in [-0.05, 0) is 55.0 Å². The van der Waals surface area contributed by atoms with Gasteiger partial charge in [0.15, 0.2) is 0 Å². The molecule has 0 bridgehead atoms. The summed E-state index contributed by atoms with van der Waals surface area (Å²) in [5.41, 5.74) is 0.932. The van der Waals surface area contributed by atoms with E-state index in [1.165, 1.54) is 30.3 Å². The van der Waals surface area contributed by atoms with E-state index in [1.807, 2.05) is 9.80 Å². The smallest absolute Gasteiger partial charge is 0.336 e. The second-order valence-corrected chi connectivity index (χ2v) is 10.3. The van der Waals surface area contributed by atoms with Crippen LogP contribution in [0, 0.1) is 12.7 Å². The number of piperazine rings is 1. The van der Waals surface area contributed by atoms with E-state index in [-0.39, 0.29) is 21.5 Å². The van der Waals surface area contributed by atoms with Crippen LogP contribution in [-0.4, -0.2) is 60.6 Å². The molecule has 0 aliphatic carbocycles. The summed E-state index contributed by atoms with van der Waals surface area (Å²) < 4.78 is 41.9. The van der Waals surface area contributed by atoms with Crippen molar-refractivity contribution in [1.29, 1.82) is 0 Å². The van der Waals surface area contributed by atoms with Gasteiger partial charge in [-0.1, -0.05) is 6.07 Å². The van der Waals surface area contributed by atoms with E-state index >= 15 is 0 Å². The van der Waals surface area contributed by atoms with E-state index < -0.39 is 21.8 Å². The number of carboxylic acids is 1. The Kier molecular flexibility index (Phi) is 6.34. The number of benzene rings is 2. The fourth-order valence-electron chi connectivity index (χ4n) is 4.28. The first-order valence-electron chi connectivity index (χ1n) is 11.5. The maximum absolute atomic E-state index is 13.7. The van der Waals surface area contributed by atoms with Crippen molar-refractivity contribution in [1.82, 2.24) is 15.0 Å². The summed E-state index contributed by atoms with van der Waals surface area (Å²) in [4.78, 5) is 29.2. The normalized spacial score (nSPS) is 14.1. The highest BCUT2D eigenvalue weighted by Crippen LogP contribution is 2.28. The number of halogens is 1. The fraction of sp³-hybridized carbons (Fsp3) is 0.200. The first kappa shape index (κ1) is 24.4. The molecule has 0 amide bonds. The molecule has 3 heterocycles. The molecule has 2 aromatic carbocycles. The molecule has 1 saturated heterocycles. The molecule has 4 aromatic rings. The van der Waals surface area contributed by atoms with Crippen molar-refractivity contribution in [2.24, 2.45) is 0 Å². The molecule has 12 heteroatoms. The Balaban J connectivity index is 1.42. The van der Waals surface area contributed by atoms with Crippen molar-refractivity contribution in [3.8, 4) is 0 Å². The summed E-state index contributed by atoms with van der Waals surface area (Å²) in [6.07, 6.45) is 3.37. The van der Waals surface area contributed by atoms with Crippen LogP contribution >= 0.6 is 0 Å². The van der Waals surface area contributed by atoms with Gasteiger partial charge in [0.1, 0.15) is 11.6 Å². The lowest BCUT2D eigenvalue weighted by Gasteiger charge is -2.35. The molecular weight excluding hydrogens is 499 g/mol. The Labute approximate surface area is 212 Å². The lowest BCUT2D eigenvalue weighted by Crippen LogP contribution is -2.47. The highest BCUT2D eigenvalue weighted by atomic mass is 32.2. The second-order valence-electron chi connectivity index (χ2n) is 8.60. The molecule has 0 saturated carbocycles. The second kappa shape index (κ2) is 9.62. The van der Waals surface area contributed by atoms with E-state index in [0.29, 0.717) is 49.0 Å². The van der Waals surface area contributed by atoms with Crippen molar-refractivity contribution in [3.63, 3.8) is 0 Å². The lowest BCUT2D eigenvalue weighted by atomic mass is 10.1. The van der Waals surface area contributed by atoms with Gasteiger partial charge in [0.05, 0.1) is 16.0 Å². The molecule has 0 spiro atoms. The predicted octanol–water partition coefficient (Wildman–Crippen LogP) is 3.30. The molecule has 5 rings (SSSR count). The number of nitrogens with zero attached hydrogens (tertiary/aromatic N) is 5. The molecule has 2 aromatic heterocycles. The molecule has 0 radical (unpaired) electrons. The van der Waals surface area contributed by atoms with E-state index in [4.69, 9.17) is 0 Å². The molecule has 0 unspecified atom stereocenters. The number of carbonyl (C=O) groups is 1. The molecule has 190 valence electrons. The minimum atomic E-state index is -4.10. The van der Waals surface area contributed by atoms with Crippen molar-refractivity contribution in [2.45, 2.75) is 11.8 Å². The van der Waals surface area contributed by atoms with Crippen LogP contribution in [0.5, 0.6) is 0 Å². The van der Waals surface area contributed by atoms with Crippen LogP contribution in [0.3, 0.4) is 0 Å². The number of rotatable bonds is 6. The molecule has 37 heavy (non-hydrogen) atoms. The Morgan fingerprint density at radius 3 is 2.41 bits per heavy atom. The minimum absolute atomic E-state index is 0.00296. The third-order valence-corrected chi connectivity index (χ3v) is 7.68. The predicted molar refractivity (Wildman–Crippen MR) is 137 cm³/mol.